The van der Waals surface area contributed by atoms with Gasteiger partial charge in [-0.05, 0) is 24.7 Å². The first-order valence-electron chi connectivity index (χ1n) is 7.53. The van der Waals surface area contributed by atoms with E-state index in [1.165, 1.54) is 0 Å². The lowest BCUT2D eigenvalue weighted by Gasteiger charge is -2.28. The predicted octanol–water partition coefficient (Wildman–Crippen LogP) is 1.40. The number of aliphatic carboxylic acids is 1. The minimum atomic E-state index is -1.08. The second-order valence-electron chi connectivity index (χ2n) is 8.47. The number of carbonyl (C=O) groups excluding carboxylic acids is 2. The van der Waals surface area contributed by atoms with Crippen molar-refractivity contribution in [3.63, 3.8) is 0 Å². The average Bonchev–Trinajstić information content (AvgIpc) is 2.87. The molecule has 6 nitrogen and oxygen atoms in total. The summed E-state index contributed by atoms with van der Waals surface area (Å²) in [6.07, 6.45) is 0. The fourth-order valence-electron chi connectivity index (χ4n) is 2.60. The van der Waals surface area contributed by atoms with Crippen LogP contribution in [0.4, 0.5) is 0 Å². The summed E-state index contributed by atoms with van der Waals surface area (Å²) in [4.78, 5) is 35.7. The van der Waals surface area contributed by atoms with E-state index >= 15 is 0 Å². The van der Waals surface area contributed by atoms with Crippen LogP contribution in [0.15, 0.2) is 0 Å². The molecule has 0 aromatic rings. The number of carboxylic acids is 1. The molecular formula is C16H28N2O4. The molecule has 22 heavy (non-hydrogen) atoms. The Kier molecular flexibility index (Phi) is 4.66. The van der Waals surface area contributed by atoms with E-state index in [-0.39, 0.29) is 17.2 Å². The van der Waals surface area contributed by atoms with Crippen LogP contribution in [0, 0.1) is 22.7 Å². The third-order valence-corrected chi connectivity index (χ3v) is 4.16. The summed E-state index contributed by atoms with van der Waals surface area (Å²) < 4.78 is 0. The van der Waals surface area contributed by atoms with Gasteiger partial charge >= 0.3 is 5.97 Å². The van der Waals surface area contributed by atoms with Crippen LogP contribution in [0.5, 0.6) is 0 Å². The molecule has 1 rings (SSSR count). The van der Waals surface area contributed by atoms with Gasteiger partial charge in [0.2, 0.25) is 11.8 Å². The van der Waals surface area contributed by atoms with Gasteiger partial charge in [0.25, 0.3) is 0 Å². The molecule has 1 saturated carbocycles. The molecule has 0 heterocycles. The van der Waals surface area contributed by atoms with E-state index in [0.717, 1.165) is 0 Å². The van der Waals surface area contributed by atoms with Gasteiger partial charge in [-0.15, -0.1) is 0 Å². The molecule has 1 aliphatic carbocycles. The molecule has 0 radical (unpaired) electrons. The average molecular weight is 312 g/mol. The summed E-state index contributed by atoms with van der Waals surface area (Å²) in [5, 5.41) is 14.6. The van der Waals surface area contributed by atoms with Crippen molar-refractivity contribution in [1.29, 1.82) is 0 Å². The van der Waals surface area contributed by atoms with Crippen LogP contribution in [-0.2, 0) is 14.4 Å². The standard InChI is InChI=1S/C16H28N2O4/c1-14(2,3)8-17-13(22)16(6,7)18-11(19)9-10(12(20)21)15(9,4)5/h9-10H,8H2,1-7H3,(H,17,22)(H,18,19)(H,20,21)/t9-,10+/m0/s1. The second kappa shape index (κ2) is 5.56. The normalized spacial score (nSPS) is 23.6. The fraction of sp³-hybridized carbons (Fsp3) is 0.812. The Morgan fingerprint density at radius 1 is 1.05 bits per heavy atom. The van der Waals surface area contributed by atoms with Gasteiger partial charge in [0.1, 0.15) is 5.54 Å². The number of rotatable bonds is 5. The molecule has 0 bridgehead atoms. The van der Waals surface area contributed by atoms with E-state index in [4.69, 9.17) is 5.11 Å². The number of carboxylic acid groups (broad SMARTS) is 1. The van der Waals surface area contributed by atoms with Crippen molar-refractivity contribution in [3.8, 4) is 0 Å². The van der Waals surface area contributed by atoms with E-state index in [0.29, 0.717) is 6.54 Å². The first kappa shape index (κ1) is 18.5. The Morgan fingerprint density at radius 2 is 1.55 bits per heavy atom. The summed E-state index contributed by atoms with van der Waals surface area (Å²) in [5.74, 6) is -2.92. The highest BCUT2D eigenvalue weighted by Gasteiger charge is 2.66. The zero-order valence-electron chi connectivity index (χ0n) is 14.5. The SMILES string of the molecule is CC(C)(C)CNC(=O)C(C)(C)NC(=O)[C@@H]1[C@H](C(=O)O)C1(C)C. The molecule has 126 valence electrons. The molecule has 0 aromatic carbocycles. The fourth-order valence-corrected chi connectivity index (χ4v) is 2.60. The first-order valence-corrected chi connectivity index (χ1v) is 7.53. The Bertz CT molecular complexity index is 489. The lowest BCUT2D eigenvalue weighted by Crippen LogP contribution is -2.56. The van der Waals surface area contributed by atoms with Crippen molar-refractivity contribution < 1.29 is 19.5 Å². The van der Waals surface area contributed by atoms with Crippen molar-refractivity contribution in [2.45, 2.75) is 54.0 Å². The topological polar surface area (TPSA) is 95.5 Å². The van der Waals surface area contributed by atoms with Crippen LogP contribution in [0.2, 0.25) is 0 Å². The number of carbonyl (C=O) groups is 3. The van der Waals surface area contributed by atoms with Gasteiger partial charge in [-0.2, -0.15) is 0 Å². The van der Waals surface area contributed by atoms with Gasteiger partial charge in [0.05, 0.1) is 11.8 Å². The van der Waals surface area contributed by atoms with Crippen LogP contribution in [0.3, 0.4) is 0 Å². The summed E-state index contributed by atoms with van der Waals surface area (Å²) in [7, 11) is 0. The largest absolute Gasteiger partial charge is 0.481 e. The zero-order chi connectivity index (χ0) is 17.5. The molecule has 0 aliphatic heterocycles. The summed E-state index contributed by atoms with van der Waals surface area (Å²) in [6.45, 7) is 13.3. The number of hydrogen-bond acceptors (Lipinski definition) is 3. The van der Waals surface area contributed by atoms with Crippen LogP contribution in [0.25, 0.3) is 0 Å². The molecule has 0 spiro atoms. The number of hydrogen-bond donors (Lipinski definition) is 3. The molecule has 0 saturated heterocycles. The van der Waals surface area contributed by atoms with Crippen molar-refractivity contribution in [1.82, 2.24) is 10.6 Å². The Balaban J connectivity index is 2.67. The first-order chi connectivity index (χ1) is 9.70. The molecule has 0 aromatic heterocycles. The maximum Gasteiger partial charge on any atom is 0.307 e. The van der Waals surface area contributed by atoms with Crippen molar-refractivity contribution in [2.75, 3.05) is 6.54 Å². The summed E-state index contributed by atoms with van der Waals surface area (Å²) >= 11 is 0. The quantitative estimate of drug-likeness (QED) is 0.715. The van der Waals surface area contributed by atoms with Crippen LogP contribution in [-0.4, -0.2) is 35.0 Å². The second-order valence-corrected chi connectivity index (χ2v) is 8.47. The predicted molar refractivity (Wildman–Crippen MR) is 83.1 cm³/mol. The van der Waals surface area contributed by atoms with Gasteiger partial charge in [-0.25, -0.2) is 0 Å². The monoisotopic (exact) mass is 312 g/mol. The van der Waals surface area contributed by atoms with E-state index < -0.39 is 28.8 Å². The van der Waals surface area contributed by atoms with Crippen LogP contribution in [0.1, 0.15) is 48.5 Å². The van der Waals surface area contributed by atoms with Crippen LogP contribution >= 0.6 is 0 Å². The summed E-state index contributed by atoms with van der Waals surface area (Å²) in [6, 6.07) is 0. The Hall–Kier alpha value is -1.59. The van der Waals surface area contributed by atoms with Gasteiger partial charge in [0, 0.05) is 6.54 Å². The van der Waals surface area contributed by atoms with Crippen molar-refractivity contribution >= 4 is 17.8 Å². The molecule has 2 atom stereocenters. The highest BCUT2D eigenvalue weighted by atomic mass is 16.4. The zero-order valence-corrected chi connectivity index (χ0v) is 14.5. The van der Waals surface area contributed by atoms with E-state index in [1.807, 2.05) is 20.8 Å². The third kappa shape index (κ3) is 3.99. The van der Waals surface area contributed by atoms with E-state index in [2.05, 4.69) is 10.6 Å². The third-order valence-electron chi connectivity index (χ3n) is 4.16. The number of nitrogens with one attached hydrogen (secondary N) is 2. The van der Waals surface area contributed by atoms with Crippen molar-refractivity contribution in [2.24, 2.45) is 22.7 Å². The van der Waals surface area contributed by atoms with E-state index in [1.54, 1.807) is 27.7 Å². The minimum absolute atomic E-state index is 0.0529. The summed E-state index contributed by atoms with van der Waals surface area (Å²) in [5.41, 5.74) is -1.71. The molecule has 0 unspecified atom stereocenters. The van der Waals surface area contributed by atoms with E-state index in [9.17, 15) is 14.4 Å². The Morgan fingerprint density at radius 3 is 1.91 bits per heavy atom. The molecular weight excluding hydrogens is 284 g/mol. The van der Waals surface area contributed by atoms with Gasteiger partial charge in [0.15, 0.2) is 0 Å². The van der Waals surface area contributed by atoms with Crippen molar-refractivity contribution in [3.05, 3.63) is 0 Å². The molecule has 2 amide bonds. The van der Waals surface area contributed by atoms with Crippen LogP contribution < -0.4 is 10.6 Å². The lowest BCUT2D eigenvalue weighted by atomic mass is 9.96. The molecule has 1 fully saturated rings. The highest BCUT2D eigenvalue weighted by molar-refractivity contribution is 5.96. The minimum Gasteiger partial charge on any atom is -0.481 e. The lowest BCUT2D eigenvalue weighted by molar-refractivity contribution is -0.140. The molecule has 1 aliphatic rings. The van der Waals surface area contributed by atoms with Gasteiger partial charge in [-0.3, -0.25) is 14.4 Å². The van der Waals surface area contributed by atoms with Gasteiger partial charge in [-0.1, -0.05) is 34.6 Å². The van der Waals surface area contributed by atoms with Gasteiger partial charge < -0.3 is 15.7 Å². The smallest absolute Gasteiger partial charge is 0.307 e. The Labute approximate surface area is 132 Å². The highest BCUT2D eigenvalue weighted by Crippen LogP contribution is 2.58. The molecule has 6 heteroatoms. The number of amides is 2. The molecule has 3 N–H and O–H groups in total. The maximum absolute atomic E-state index is 12.3. The maximum atomic E-state index is 12.3.